The van der Waals surface area contributed by atoms with Gasteiger partial charge in [0.15, 0.2) is 0 Å². The van der Waals surface area contributed by atoms with E-state index in [2.05, 4.69) is 38.8 Å². The number of esters is 1. The molecule has 5 rings (SSSR count). The van der Waals surface area contributed by atoms with Gasteiger partial charge in [-0.3, -0.25) is 4.68 Å². The Morgan fingerprint density at radius 1 is 1.11 bits per heavy atom. The highest BCUT2D eigenvalue weighted by molar-refractivity contribution is 7.89. The summed E-state index contributed by atoms with van der Waals surface area (Å²) in [5.41, 5.74) is 2.91. The third-order valence-electron chi connectivity index (χ3n) is 8.04. The van der Waals surface area contributed by atoms with E-state index >= 15 is 0 Å². The van der Waals surface area contributed by atoms with Gasteiger partial charge < -0.3 is 14.6 Å². The number of piperidine rings is 1. The molecule has 0 spiro atoms. The van der Waals surface area contributed by atoms with Crippen LogP contribution in [0.5, 0.6) is 0 Å². The van der Waals surface area contributed by atoms with Crippen LogP contribution in [0.4, 0.5) is 4.39 Å². The van der Waals surface area contributed by atoms with Gasteiger partial charge in [-0.15, -0.1) is 5.10 Å². The lowest BCUT2D eigenvalue weighted by molar-refractivity contribution is 0.0454. The van der Waals surface area contributed by atoms with E-state index in [4.69, 9.17) is 4.74 Å². The predicted molar refractivity (Wildman–Crippen MR) is 167 cm³/mol. The molecule has 1 aliphatic heterocycles. The number of sulfonamides is 1. The Hall–Kier alpha value is -3.61. The number of ether oxygens (including phenoxy) is 1. The molecule has 0 unspecified atom stereocenters. The van der Waals surface area contributed by atoms with E-state index < -0.39 is 21.8 Å². The Kier molecular flexibility index (Phi) is 9.81. The number of benzene rings is 2. The number of fused-ring (bicyclic) bond motifs is 1. The van der Waals surface area contributed by atoms with E-state index in [-0.39, 0.29) is 23.1 Å². The van der Waals surface area contributed by atoms with Crippen LogP contribution < -0.4 is 4.72 Å². The second-order valence-electron chi connectivity index (χ2n) is 12.3. The van der Waals surface area contributed by atoms with Gasteiger partial charge in [-0.05, 0) is 79.6 Å². The first kappa shape index (κ1) is 31.8. The number of aromatic nitrogens is 4. The van der Waals surface area contributed by atoms with E-state index in [0.717, 1.165) is 31.5 Å². The summed E-state index contributed by atoms with van der Waals surface area (Å²) in [6.07, 6.45) is 3.66. The number of nitrogens with zero attached hydrogens (tertiary/aromatic N) is 4. The molecule has 4 aromatic rings. The Bertz CT molecular complexity index is 1690. The second kappa shape index (κ2) is 13.6. The van der Waals surface area contributed by atoms with Crippen LogP contribution in [0.1, 0.15) is 62.5 Å². The number of hydrogen-bond acceptors (Lipinski definition) is 7. The van der Waals surface area contributed by atoms with Gasteiger partial charge in [0.2, 0.25) is 10.0 Å². The van der Waals surface area contributed by atoms with E-state index in [9.17, 15) is 17.6 Å². The van der Waals surface area contributed by atoms with Crippen molar-refractivity contribution >= 4 is 26.9 Å². The zero-order valence-electron chi connectivity index (χ0n) is 25.7. The molecule has 1 saturated heterocycles. The summed E-state index contributed by atoms with van der Waals surface area (Å²) in [5.74, 6) is -0.0374. The molecule has 1 aliphatic rings. The summed E-state index contributed by atoms with van der Waals surface area (Å²) in [4.78, 5) is 18.6. The highest BCUT2D eigenvalue weighted by Crippen LogP contribution is 2.33. The molecule has 10 nitrogen and oxygen atoms in total. The number of hydrogen-bond donors (Lipinski definition) is 2. The summed E-state index contributed by atoms with van der Waals surface area (Å²) >= 11 is 0. The molecule has 2 aromatic heterocycles. The van der Waals surface area contributed by atoms with Crippen LogP contribution in [0.15, 0.2) is 53.6 Å². The van der Waals surface area contributed by atoms with Crippen LogP contribution >= 0.6 is 0 Å². The Morgan fingerprint density at radius 3 is 2.52 bits per heavy atom. The first-order valence-corrected chi connectivity index (χ1v) is 16.7. The summed E-state index contributed by atoms with van der Waals surface area (Å²) < 4.78 is 49.6. The Labute approximate surface area is 258 Å². The third-order valence-corrected chi connectivity index (χ3v) is 9.51. The normalized spacial score (nSPS) is 15.1. The monoisotopic (exact) mass is 624 g/mol. The molecular weight excluding hydrogens is 583 g/mol. The standard InChI is InChI=1S/C32H41FN6O4S/c1-21(2)20-43-32(40)31-30(27-17-25(33)7-10-28(27)35-31)29-19-39(37-36-29)18-23-11-14-38(15-12-23)16-13-34-44(41,42)26-8-5-24(6-9-26)22(3)4/h5-10,17,19,21-23,34-35H,11-16,18,20H2,1-4H3. The number of aromatic amines is 1. The SMILES string of the molecule is CC(C)COC(=O)c1[nH]c2ccc(F)cc2c1-c1cn(CC2CCN(CCNS(=O)(=O)c3ccc(C(C)C)cc3)CC2)nn1. The van der Waals surface area contributed by atoms with Gasteiger partial charge >= 0.3 is 5.97 Å². The minimum atomic E-state index is -3.55. The molecule has 2 aromatic carbocycles. The number of H-pyrrole nitrogens is 1. The maximum Gasteiger partial charge on any atom is 0.355 e. The lowest BCUT2D eigenvalue weighted by atomic mass is 9.97. The zero-order chi connectivity index (χ0) is 31.4. The molecule has 1 fully saturated rings. The van der Waals surface area contributed by atoms with E-state index in [1.807, 2.05) is 26.0 Å². The van der Waals surface area contributed by atoms with Crippen molar-refractivity contribution in [3.05, 3.63) is 65.7 Å². The van der Waals surface area contributed by atoms with Crippen LogP contribution in [0, 0.1) is 17.7 Å². The molecule has 0 amide bonds. The first-order valence-electron chi connectivity index (χ1n) is 15.2. The zero-order valence-corrected chi connectivity index (χ0v) is 26.5. The number of likely N-dealkylation sites (tertiary alicyclic amines) is 1. The number of halogens is 1. The van der Waals surface area contributed by atoms with E-state index in [1.165, 1.54) is 12.1 Å². The van der Waals surface area contributed by atoms with Crippen molar-refractivity contribution in [2.45, 2.75) is 57.9 Å². The minimum absolute atomic E-state index is 0.174. The summed E-state index contributed by atoms with van der Waals surface area (Å²) in [6, 6.07) is 11.4. The Balaban J connectivity index is 1.16. The fourth-order valence-electron chi connectivity index (χ4n) is 5.51. The predicted octanol–water partition coefficient (Wildman–Crippen LogP) is 5.19. The molecule has 0 bridgehead atoms. The van der Waals surface area contributed by atoms with E-state index in [0.29, 0.717) is 53.6 Å². The van der Waals surface area contributed by atoms with Crippen LogP contribution in [0.3, 0.4) is 0 Å². The lowest BCUT2D eigenvalue weighted by Gasteiger charge is -2.31. The molecule has 3 heterocycles. The molecule has 236 valence electrons. The number of carbonyl (C=O) groups excluding carboxylic acids is 1. The highest BCUT2D eigenvalue weighted by atomic mass is 32.2. The third kappa shape index (κ3) is 7.54. The van der Waals surface area contributed by atoms with Gasteiger partial charge in [-0.2, -0.15) is 0 Å². The average Bonchev–Trinajstić information content (AvgIpc) is 3.60. The average molecular weight is 625 g/mol. The maximum absolute atomic E-state index is 14.2. The van der Waals surface area contributed by atoms with Crippen LogP contribution in [-0.4, -0.2) is 72.1 Å². The summed E-state index contributed by atoms with van der Waals surface area (Å²) in [5, 5.41) is 9.22. The van der Waals surface area contributed by atoms with Crippen LogP contribution in [-0.2, 0) is 21.3 Å². The van der Waals surface area contributed by atoms with Crippen molar-refractivity contribution in [2.75, 3.05) is 32.8 Å². The van der Waals surface area contributed by atoms with Crippen LogP contribution in [0.2, 0.25) is 0 Å². The fraction of sp³-hybridized carbons (Fsp3) is 0.469. The smallest absolute Gasteiger partial charge is 0.355 e. The highest BCUT2D eigenvalue weighted by Gasteiger charge is 2.25. The Morgan fingerprint density at radius 2 is 1.84 bits per heavy atom. The molecule has 44 heavy (non-hydrogen) atoms. The molecule has 12 heteroatoms. The lowest BCUT2D eigenvalue weighted by Crippen LogP contribution is -2.40. The van der Waals surface area contributed by atoms with Crippen molar-refractivity contribution in [3.8, 4) is 11.3 Å². The quantitative estimate of drug-likeness (QED) is 0.208. The fourth-order valence-corrected chi connectivity index (χ4v) is 6.53. The van der Waals surface area contributed by atoms with Gasteiger partial charge in [0, 0.05) is 36.1 Å². The molecule has 2 N–H and O–H groups in total. The molecule has 0 radical (unpaired) electrons. The minimum Gasteiger partial charge on any atom is -0.461 e. The number of nitrogens with one attached hydrogen (secondary N) is 2. The molecule has 0 aliphatic carbocycles. The van der Waals surface area contributed by atoms with Crippen molar-refractivity contribution in [2.24, 2.45) is 11.8 Å². The molecule has 0 atom stereocenters. The van der Waals surface area contributed by atoms with Crippen molar-refractivity contribution < 1.29 is 22.3 Å². The second-order valence-corrected chi connectivity index (χ2v) is 14.1. The number of carbonyl (C=O) groups is 1. The van der Waals surface area contributed by atoms with Crippen molar-refractivity contribution in [3.63, 3.8) is 0 Å². The summed E-state index contributed by atoms with van der Waals surface area (Å²) in [7, 11) is -3.55. The molecule has 0 saturated carbocycles. The van der Waals surface area contributed by atoms with Crippen LogP contribution in [0.25, 0.3) is 22.2 Å². The largest absolute Gasteiger partial charge is 0.461 e. The maximum atomic E-state index is 14.2. The number of rotatable bonds is 12. The first-order chi connectivity index (χ1) is 21.0. The van der Waals surface area contributed by atoms with Crippen molar-refractivity contribution in [1.82, 2.24) is 29.6 Å². The van der Waals surface area contributed by atoms with Gasteiger partial charge in [-0.25, -0.2) is 22.3 Å². The van der Waals surface area contributed by atoms with Gasteiger partial charge in [0.25, 0.3) is 0 Å². The van der Waals surface area contributed by atoms with Gasteiger partial charge in [0.1, 0.15) is 17.2 Å². The van der Waals surface area contributed by atoms with E-state index in [1.54, 1.807) is 29.1 Å². The van der Waals surface area contributed by atoms with Crippen molar-refractivity contribution in [1.29, 1.82) is 0 Å². The molecular formula is C32H41FN6O4S. The van der Waals surface area contributed by atoms with Gasteiger partial charge in [-0.1, -0.05) is 45.0 Å². The topological polar surface area (TPSA) is 122 Å². The van der Waals surface area contributed by atoms with Gasteiger partial charge in [0.05, 0.1) is 17.7 Å². The summed E-state index contributed by atoms with van der Waals surface area (Å²) in [6.45, 7) is 11.7.